The molecule has 1 heterocycles. The van der Waals surface area contributed by atoms with E-state index in [0.29, 0.717) is 0 Å². The van der Waals surface area contributed by atoms with Crippen LogP contribution in [0.1, 0.15) is 23.6 Å². The number of fused-ring (bicyclic) bond motifs is 1. The lowest BCUT2D eigenvalue weighted by molar-refractivity contribution is 1.13. The first kappa shape index (κ1) is 9.23. The van der Waals surface area contributed by atoms with Crippen LogP contribution in [-0.4, -0.2) is 0 Å². The minimum atomic E-state index is 0.821. The molecule has 0 N–H and O–H groups in total. The Morgan fingerprint density at radius 3 is 2.86 bits per heavy atom. The van der Waals surface area contributed by atoms with Crippen molar-refractivity contribution in [3.05, 3.63) is 34.2 Å². The van der Waals surface area contributed by atoms with Crippen LogP contribution in [0.15, 0.2) is 17.5 Å². The molecule has 2 rings (SSSR count). The standard InChI is InChI=1S/C12H11NS/c1-3-9-4-11-8(2)7-14-12(11)5-10(9)6-13/h4-5,7H,3H2,1-2H3. The zero-order valence-corrected chi connectivity index (χ0v) is 9.11. The summed E-state index contributed by atoms with van der Waals surface area (Å²) in [4.78, 5) is 0. The fourth-order valence-electron chi connectivity index (χ4n) is 1.64. The highest BCUT2D eigenvalue weighted by molar-refractivity contribution is 7.17. The Kier molecular flexibility index (Phi) is 2.26. The molecular formula is C12H11NS. The van der Waals surface area contributed by atoms with Gasteiger partial charge in [0.25, 0.3) is 0 Å². The topological polar surface area (TPSA) is 23.8 Å². The van der Waals surface area contributed by atoms with Gasteiger partial charge in [0.1, 0.15) is 0 Å². The molecule has 1 aromatic heterocycles. The molecule has 70 valence electrons. The summed E-state index contributed by atoms with van der Waals surface area (Å²) in [6.45, 7) is 4.20. The Hall–Kier alpha value is -1.33. The summed E-state index contributed by atoms with van der Waals surface area (Å²) in [6.07, 6.45) is 0.925. The number of thiophene rings is 1. The van der Waals surface area contributed by atoms with E-state index in [0.717, 1.165) is 17.5 Å². The van der Waals surface area contributed by atoms with Gasteiger partial charge in [-0.25, -0.2) is 0 Å². The van der Waals surface area contributed by atoms with Crippen molar-refractivity contribution >= 4 is 21.4 Å². The second kappa shape index (κ2) is 3.43. The summed E-state index contributed by atoms with van der Waals surface area (Å²) in [6, 6.07) is 6.41. The third-order valence-corrected chi connectivity index (χ3v) is 3.56. The highest BCUT2D eigenvalue weighted by atomic mass is 32.1. The largest absolute Gasteiger partial charge is 0.192 e. The lowest BCUT2D eigenvalue weighted by Crippen LogP contribution is -1.86. The molecule has 0 aliphatic rings. The highest BCUT2D eigenvalue weighted by Gasteiger charge is 2.05. The van der Waals surface area contributed by atoms with Gasteiger partial charge >= 0.3 is 0 Å². The molecule has 0 saturated carbocycles. The number of hydrogen-bond acceptors (Lipinski definition) is 2. The van der Waals surface area contributed by atoms with Gasteiger partial charge in [0.15, 0.2) is 0 Å². The SMILES string of the molecule is CCc1cc2c(C)csc2cc1C#N. The lowest BCUT2D eigenvalue weighted by atomic mass is 10.0. The van der Waals surface area contributed by atoms with Crippen LogP contribution in [0.25, 0.3) is 10.1 Å². The van der Waals surface area contributed by atoms with Crippen molar-refractivity contribution in [2.45, 2.75) is 20.3 Å². The van der Waals surface area contributed by atoms with Gasteiger partial charge in [0, 0.05) is 4.70 Å². The van der Waals surface area contributed by atoms with Gasteiger partial charge in [-0.1, -0.05) is 6.92 Å². The van der Waals surface area contributed by atoms with E-state index in [-0.39, 0.29) is 0 Å². The first-order valence-corrected chi connectivity index (χ1v) is 5.55. The lowest BCUT2D eigenvalue weighted by Gasteiger charge is -2.01. The summed E-state index contributed by atoms with van der Waals surface area (Å²) in [5, 5.41) is 12.4. The maximum Gasteiger partial charge on any atom is 0.0995 e. The molecule has 2 aromatic rings. The maximum atomic E-state index is 8.97. The summed E-state index contributed by atoms with van der Waals surface area (Å²) < 4.78 is 1.22. The van der Waals surface area contributed by atoms with Crippen LogP contribution in [0.4, 0.5) is 0 Å². The van der Waals surface area contributed by atoms with Crippen molar-refractivity contribution in [3.63, 3.8) is 0 Å². The van der Waals surface area contributed by atoms with Gasteiger partial charge in [-0.05, 0) is 47.4 Å². The average Bonchev–Trinajstić information content (AvgIpc) is 2.58. The van der Waals surface area contributed by atoms with Gasteiger partial charge in [-0.3, -0.25) is 0 Å². The molecule has 0 atom stereocenters. The predicted molar refractivity (Wildman–Crippen MR) is 60.7 cm³/mol. The normalized spacial score (nSPS) is 10.4. The Bertz CT molecular complexity index is 517. The fourth-order valence-corrected chi connectivity index (χ4v) is 2.61. The summed E-state index contributed by atoms with van der Waals surface area (Å²) >= 11 is 1.71. The first-order chi connectivity index (χ1) is 6.76. The molecule has 0 saturated heterocycles. The third kappa shape index (κ3) is 1.30. The van der Waals surface area contributed by atoms with Crippen LogP contribution >= 0.6 is 11.3 Å². The molecule has 14 heavy (non-hydrogen) atoms. The molecule has 0 radical (unpaired) electrons. The molecule has 0 amide bonds. The Balaban J connectivity index is 2.79. The predicted octanol–water partition coefficient (Wildman–Crippen LogP) is 3.64. The molecule has 0 spiro atoms. The Morgan fingerprint density at radius 2 is 2.21 bits per heavy atom. The Morgan fingerprint density at radius 1 is 1.43 bits per heavy atom. The summed E-state index contributed by atoms with van der Waals surface area (Å²) in [5.74, 6) is 0. The molecule has 0 aliphatic carbocycles. The Labute approximate surface area is 87.6 Å². The van der Waals surface area contributed by atoms with E-state index in [2.05, 4.69) is 31.4 Å². The zero-order valence-electron chi connectivity index (χ0n) is 8.29. The van der Waals surface area contributed by atoms with Crippen molar-refractivity contribution in [2.24, 2.45) is 0 Å². The van der Waals surface area contributed by atoms with Crippen LogP contribution < -0.4 is 0 Å². The van der Waals surface area contributed by atoms with Crippen LogP contribution in [0.3, 0.4) is 0 Å². The van der Waals surface area contributed by atoms with Crippen molar-refractivity contribution in [1.29, 1.82) is 5.26 Å². The van der Waals surface area contributed by atoms with Gasteiger partial charge in [-0.15, -0.1) is 11.3 Å². The number of hydrogen-bond donors (Lipinski definition) is 0. The van der Waals surface area contributed by atoms with Crippen molar-refractivity contribution in [2.75, 3.05) is 0 Å². The molecule has 0 fully saturated rings. The summed E-state index contributed by atoms with van der Waals surface area (Å²) in [5.41, 5.74) is 3.28. The van der Waals surface area contributed by atoms with Crippen molar-refractivity contribution in [1.82, 2.24) is 0 Å². The maximum absolute atomic E-state index is 8.97. The van der Waals surface area contributed by atoms with Gasteiger partial charge in [0.2, 0.25) is 0 Å². The second-order valence-electron chi connectivity index (χ2n) is 3.39. The number of nitrogens with zero attached hydrogens (tertiary/aromatic N) is 1. The van der Waals surface area contributed by atoms with E-state index in [9.17, 15) is 0 Å². The zero-order chi connectivity index (χ0) is 10.1. The van der Waals surface area contributed by atoms with Crippen LogP contribution in [0.2, 0.25) is 0 Å². The van der Waals surface area contributed by atoms with Crippen LogP contribution in [-0.2, 0) is 6.42 Å². The van der Waals surface area contributed by atoms with E-state index in [1.165, 1.54) is 15.6 Å². The minimum Gasteiger partial charge on any atom is -0.192 e. The second-order valence-corrected chi connectivity index (χ2v) is 4.30. The first-order valence-electron chi connectivity index (χ1n) is 4.67. The van der Waals surface area contributed by atoms with E-state index >= 15 is 0 Å². The average molecular weight is 201 g/mol. The molecule has 1 nitrogen and oxygen atoms in total. The van der Waals surface area contributed by atoms with E-state index in [4.69, 9.17) is 5.26 Å². The van der Waals surface area contributed by atoms with Crippen LogP contribution in [0.5, 0.6) is 0 Å². The number of nitriles is 1. The minimum absolute atomic E-state index is 0.821. The molecule has 0 unspecified atom stereocenters. The monoisotopic (exact) mass is 201 g/mol. The van der Waals surface area contributed by atoms with E-state index < -0.39 is 0 Å². The highest BCUT2D eigenvalue weighted by Crippen LogP contribution is 2.28. The van der Waals surface area contributed by atoms with E-state index in [1.807, 2.05) is 6.07 Å². The quantitative estimate of drug-likeness (QED) is 0.691. The molecule has 0 aliphatic heterocycles. The van der Waals surface area contributed by atoms with Gasteiger partial charge in [-0.2, -0.15) is 5.26 Å². The third-order valence-electron chi connectivity index (χ3n) is 2.49. The number of aryl methyl sites for hydroxylation is 2. The number of rotatable bonds is 1. The van der Waals surface area contributed by atoms with Crippen molar-refractivity contribution < 1.29 is 0 Å². The fraction of sp³-hybridized carbons (Fsp3) is 0.250. The molecular weight excluding hydrogens is 190 g/mol. The van der Waals surface area contributed by atoms with Crippen LogP contribution in [0, 0.1) is 18.3 Å². The van der Waals surface area contributed by atoms with Crippen molar-refractivity contribution in [3.8, 4) is 6.07 Å². The molecule has 0 bridgehead atoms. The van der Waals surface area contributed by atoms with Gasteiger partial charge < -0.3 is 0 Å². The smallest absolute Gasteiger partial charge is 0.0995 e. The van der Waals surface area contributed by atoms with Gasteiger partial charge in [0.05, 0.1) is 11.6 Å². The molecule has 1 aromatic carbocycles. The summed E-state index contributed by atoms with van der Waals surface area (Å²) in [7, 11) is 0. The van der Waals surface area contributed by atoms with E-state index in [1.54, 1.807) is 11.3 Å². The molecule has 2 heteroatoms. The number of benzene rings is 1.